The number of allylic oxidation sites excluding steroid dienone is 4. The van der Waals surface area contributed by atoms with Crippen LogP contribution in [0, 0.1) is 17.3 Å². The Balaban J connectivity index is 2.23. The molecule has 0 heterocycles. The van der Waals surface area contributed by atoms with Crippen LogP contribution in [-0.2, 0) is 0 Å². The molecule has 2 unspecified atom stereocenters. The molecule has 0 nitrogen and oxygen atoms in total. The Morgan fingerprint density at radius 1 is 1.20 bits per heavy atom. The number of hydrogen-bond acceptors (Lipinski definition) is 0. The lowest BCUT2D eigenvalue weighted by Gasteiger charge is -2.44. The Hall–Kier alpha value is -0.730. The van der Waals surface area contributed by atoms with Gasteiger partial charge in [0.15, 0.2) is 0 Å². The fraction of sp³-hybridized carbons (Fsp3) is 0.667. The molecular formula is C12H15F3. The lowest BCUT2D eigenvalue weighted by molar-refractivity contribution is -0.187. The summed E-state index contributed by atoms with van der Waals surface area (Å²) in [5.74, 6) is -1.50. The quantitative estimate of drug-likeness (QED) is 0.572. The van der Waals surface area contributed by atoms with Crippen molar-refractivity contribution in [1.29, 1.82) is 0 Å². The van der Waals surface area contributed by atoms with Gasteiger partial charge in [-0.3, -0.25) is 0 Å². The van der Waals surface area contributed by atoms with Crippen molar-refractivity contribution in [3.05, 3.63) is 23.3 Å². The topological polar surface area (TPSA) is 0 Å². The molecule has 0 aromatic rings. The van der Waals surface area contributed by atoms with E-state index < -0.39 is 12.1 Å². The van der Waals surface area contributed by atoms with Gasteiger partial charge >= 0.3 is 6.18 Å². The molecule has 3 rings (SSSR count). The summed E-state index contributed by atoms with van der Waals surface area (Å²) in [6, 6.07) is 0. The van der Waals surface area contributed by atoms with Crippen LogP contribution in [0.3, 0.4) is 0 Å². The molecule has 2 atom stereocenters. The summed E-state index contributed by atoms with van der Waals surface area (Å²) in [5.41, 5.74) is 1.58. The third-order valence-electron chi connectivity index (χ3n) is 3.25. The highest BCUT2D eigenvalue weighted by atomic mass is 19.4. The SMILES string of the molecule is CC(C)(C)C1=CC2CC(=C1)C2C(F)(F)F. The molecule has 0 aromatic heterocycles. The molecule has 3 aliphatic rings. The second-order valence-corrected chi connectivity index (χ2v) is 5.48. The molecule has 0 saturated heterocycles. The molecule has 0 amide bonds. The average molecular weight is 216 g/mol. The van der Waals surface area contributed by atoms with Crippen molar-refractivity contribution in [3.63, 3.8) is 0 Å². The highest BCUT2D eigenvalue weighted by Crippen LogP contribution is 2.54. The van der Waals surface area contributed by atoms with Crippen molar-refractivity contribution in [2.45, 2.75) is 33.4 Å². The van der Waals surface area contributed by atoms with Crippen LogP contribution >= 0.6 is 0 Å². The van der Waals surface area contributed by atoms with E-state index in [2.05, 4.69) is 0 Å². The van der Waals surface area contributed by atoms with Crippen molar-refractivity contribution in [1.82, 2.24) is 0 Å². The minimum atomic E-state index is -4.06. The van der Waals surface area contributed by atoms with Crippen molar-refractivity contribution in [3.8, 4) is 0 Å². The summed E-state index contributed by atoms with van der Waals surface area (Å²) in [7, 11) is 0. The second kappa shape index (κ2) is 2.89. The third-order valence-corrected chi connectivity index (χ3v) is 3.25. The number of hydrogen-bond donors (Lipinski definition) is 0. The van der Waals surface area contributed by atoms with Gasteiger partial charge in [-0.1, -0.05) is 38.5 Å². The van der Waals surface area contributed by atoms with Crippen LogP contribution in [0.5, 0.6) is 0 Å². The lowest BCUT2D eigenvalue weighted by Crippen LogP contribution is -2.42. The molecule has 84 valence electrons. The van der Waals surface area contributed by atoms with Crippen LogP contribution in [0.1, 0.15) is 27.2 Å². The number of alkyl halides is 3. The van der Waals surface area contributed by atoms with Gasteiger partial charge in [-0.05, 0) is 23.3 Å². The minimum absolute atomic E-state index is 0.0412. The van der Waals surface area contributed by atoms with E-state index in [9.17, 15) is 13.2 Å². The highest BCUT2D eigenvalue weighted by Gasteiger charge is 2.54. The monoisotopic (exact) mass is 216 g/mol. The zero-order valence-corrected chi connectivity index (χ0v) is 9.15. The zero-order chi connectivity index (χ0) is 11.4. The van der Waals surface area contributed by atoms with Gasteiger partial charge < -0.3 is 0 Å². The summed E-state index contributed by atoms with van der Waals surface area (Å²) in [4.78, 5) is 0. The Bertz CT molecular complexity index is 339. The number of rotatable bonds is 0. The summed E-state index contributed by atoms with van der Waals surface area (Å²) >= 11 is 0. The summed E-state index contributed by atoms with van der Waals surface area (Å²) in [6.45, 7) is 6.09. The summed E-state index contributed by atoms with van der Waals surface area (Å²) in [5, 5.41) is 0. The lowest BCUT2D eigenvalue weighted by atomic mass is 9.62. The van der Waals surface area contributed by atoms with E-state index in [1.165, 1.54) is 0 Å². The maximum Gasteiger partial charge on any atom is 0.396 e. The van der Waals surface area contributed by atoms with Crippen molar-refractivity contribution in [2.24, 2.45) is 17.3 Å². The van der Waals surface area contributed by atoms with Crippen molar-refractivity contribution < 1.29 is 13.2 Å². The first kappa shape index (κ1) is 10.8. The molecule has 3 aliphatic carbocycles. The fourth-order valence-corrected chi connectivity index (χ4v) is 2.33. The number of halogens is 3. The summed E-state index contributed by atoms with van der Waals surface area (Å²) in [6.07, 6.45) is 0.0989. The molecule has 1 fully saturated rings. The van der Waals surface area contributed by atoms with Crippen LogP contribution in [0.15, 0.2) is 23.3 Å². The van der Waals surface area contributed by atoms with E-state index in [4.69, 9.17) is 0 Å². The van der Waals surface area contributed by atoms with Gasteiger partial charge in [0.05, 0.1) is 5.92 Å². The van der Waals surface area contributed by atoms with Crippen LogP contribution in [0.2, 0.25) is 0 Å². The van der Waals surface area contributed by atoms with Gasteiger partial charge in [0.1, 0.15) is 0 Å². The molecular weight excluding hydrogens is 201 g/mol. The van der Waals surface area contributed by atoms with Gasteiger partial charge in [0.25, 0.3) is 0 Å². The van der Waals surface area contributed by atoms with E-state index >= 15 is 0 Å². The van der Waals surface area contributed by atoms with Gasteiger partial charge in [-0.2, -0.15) is 13.2 Å². The molecule has 0 aliphatic heterocycles. The molecule has 3 heteroatoms. The average Bonchev–Trinajstić information content (AvgIpc) is 1.99. The second-order valence-electron chi connectivity index (χ2n) is 5.48. The van der Waals surface area contributed by atoms with E-state index in [-0.39, 0.29) is 11.3 Å². The molecule has 15 heavy (non-hydrogen) atoms. The van der Waals surface area contributed by atoms with Gasteiger partial charge in [-0.25, -0.2) is 0 Å². The normalized spacial score (nSPS) is 30.5. The van der Waals surface area contributed by atoms with Crippen LogP contribution in [-0.4, -0.2) is 6.18 Å². The smallest absolute Gasteiger partial charge is 0.170 e. The first-order chi connectivity index (χ1) is 6.69. The van der Waals surface area contributed by atoms with Crippen LogP contribution in [0.25, 0.3) is 0 Å². The largest absolute Gasteiger partial charge is 0.396 e. The molecule has 0 spiro atoms. The Morgan fingerprint density at radius 2 is 1.80 bits per heavy atom. The first-order valence-corrected chi connectivity index (χ1v) is 5.19. The minimum Gasteiger partial charge on any atom is -0.170 e. The van der Waals surface area contributed by atoms with Crippen molar-refractivity contribution >= 4 is 0 Å². The predicted molar refractivity (Wildman–Crippen MR) is 53.3 cm³/mol. The summed E-state index contributed by atoms with van der Waals surface area (Å²) < 4.78 is 37.7. The molecule has 0 N–H and O–H groups in total. The van der Waals surface area contributed by atoms with E-state index in [0.29, 0.717) is 12.0 Å². The molecule has 2 bridgehead atoms. The fourth-order valence-electron chi connectivity index (χ4n) is 2.33. The van der Waals surface area contributed by atoms with E-state index in [1.54, 1.807) is 6.08 Å². The van der Waals surface area contributed by atoms with Crippen molar-refractivity contribution in [2.75, 3.05) is 0 Å². The van der Waals surface area contributed by atoms with Crippen LogP contribution in [0.4, 0.5) is 13.2 Å². The zero-order valence-electron chi connectivity index (χ0n) is 9.15. The highest BCUT2D eigenvalue weighted by molar-refractivity contribution is 5.42. The maximum absolute atomic E-state index is 12.6. The van der Waals surface area contributed by atoms with Gasteiger partial charge in [0, 0.05) is 0 Å². The Labute approximate surface area is 87.9 Å². The molecule has 1 saturated carbocycles. The number of fused-ring (bicyclic) bond motifs is 1. The van der Waals surface area contributed by atoms with E-state index in [1.807, 2.05) is 26.8 Å². The Kier molecular flexibility index (Phi) is 2.08. The standard InChI is InChI=1S/C12H15F3/c1-11(2,3)9-5-7-4-8(6-9)10(7)12(13,14)15/h5-7,10H,4H2,1-3H3. The molecule has 0 radical (unpaired) electrons. The maximum atomic E-state index is 12.6. The van der Waals surface area contributed by atoms with Crippen LogP contribution < -0.4 is 0 Å². The molecule has 0 aromatic carbocycles. The van der Waals surface area contributed by atoms with Gasteiger partial charge in [-0.15, -0.1) is 0 Å². The van der Waals surface area contributed by atoms with Gasteiger partial charge in [0.2, 0.25) is 0 Å². The predicted octanol–water partition coefficient (Wildman–Crippen LogP) is 4.10. The Morgan fingerprint density at radius 3 is 2.13 bits per heavy atom. The van der Waals surface area contributed by atoms with E-state index in [0.717, 1.165) is 5.57 Å². The third kappa shape index (κ3) is 1.72. The first-order valence-electron chi connectivity index (χ1n) is 5.19.